The molecule has 0 aliphatic carbocycles. The topological polar surface area (TPSA) is 61.9 Å². The highest BCUT2D eigenvalue weighted by molar-refractivity contribution is 7.10. The van der Waals surface area contributed by atoms with Crippen molar-refractivity contribution in [3.63, 3.8) is 0 Å². The summed E-state index contributed by atoms with van der Waals surface area (Å²) < 4.78 is 5.30. The summed E-state index contributed by atoms with van der Waals surface area (Å²) >= 11 is 1.59. The molecule has 4 rings (SSSR count). The predicted molar refractivity (Wildman–Crippen MR) is 136 cm³/mol. The maximum absolute atomic E-state index is 13.7. The first-order valence-electron chi connectivity index (χ1n) is 12.6. The molecular formula is C27H37N3O3S. The average molecular weight is 484 g/mol. The molecule has 1 aromatic carbocycles. The molecule has 2 amide bonds. The lowest BCUT2D eigenvalue weighted by atomic mass is 9.81. The second kappa shape index (κ2) is 12.0. The van der Waals surface area contributed by atoms with Gasteiger partial charge < -0.3 is 19.9 Å². The fourth-order valence-electron chi connectivity index (χ4n) is 5.51. The van der Waals surface area contributed by atoms with Crippen molar-refractivity contribution >= 4 is 23.2 Å². The highest BCUT2D eigenvalue weighted by Gasteiger charge is 2.44. The van der Waals surface area contributed by atoms with Gasteiger partial charge in [-0.15, -0.1) is 11.3 Å². The Bertz CT molecular complexity index is 948. The fourth-order valence-corrected chi connectivity index (χ4v) is 6.38. The van der Waals surface area contributed by atoms with Crippen LogP contribution in [0.4, 0.5) is 0 Å². The van der Waals surface area contributed by atoms with Gasteiger partial charge in [-0.05, 0) is 55.3 Å². The van der Waals surface area contributed by atoms with Crippen molar-refractivity contribution in [2.24, 2.45) is 0 Å². The summed E-state index contributed by atoms with van der Waals surface area (Å²) in [5, 5.41) is 5.23. The molecule has 2 aliphatic rings. The monoisotopic (exact) mass is 483 g/mol. The van der Waals surface area contributed by atoms with Gasteiger partial charge in [0.2, 0.25) is 5.91 Å². The molecule has 1 fully saturated rings. The molecule has 1 N–H and O–H groups in total. The second-order valence-electron chi connectivity index (χ2n) is 9.25. The van der Waals surface area contributed by atoms with Crippen LogP contribution in [-0.4, -0.2) is 67.6 Å². The van der Waals surface area contributed by atoms with Gasteiger partial charge in [0.25, 0.3) is 5.91 Å². The van der Waals surface area contributed by atoms with E-state index in [1.54, 1.807) is 18.4 Å². The number of hydrogen-bond donors (Lipinski definition) is 1. The van der Waals surface area contributed by atoms with E-state index in [-0.39, 0.29) is 17.9 Å². The summed E-state index contributed by atoms with van der Waals surface area (Å²) in [6.07, 6.45) is 6.02. The van der Waals surface area contributed by atoms with Crippen molar-refractivity contribution in [2.45, 2.75) is 57.0 Å². The van der Waals surface area contributed by atoms with Crippen LogP contribution in [0.15, 0.2) is 41.8 Å². The van der Waals surface area contributed by atoms with E-state index >= 15 is 0 Å². The Morgan fingerprint density at radius 1 is 1.18 bits per heavy atom. The number of ether oxygens (including phenoxy) is 1. The van der Waals surface area contributed by atoms with Gasteiger partial charge in [-0.3, -0.25) is 9.59 Å². The minimum Gasteiger partial charge on any atom is -0.383 e. The molecule has 1 aromatic heterocycles. The zero-order chi connectivity index (χ0) is 23.9. The van der Waals surface area contributed by atoms with Gasteiger partial charge in [-0.1, -0.05) is 37.6 Å². The van der Waals surface area contributed by atoms with Crippen LogP contribution in [0.25, 0.3) is 0 Å². The van der Waals surface area contributed by atoms with Crippen LogP contribution < -0.4 is 5.32 Å². The molecule has 7 heteroatoms. The number of amides is 2. The van der Waals surface area contributed by atoms with Crippen LogP contribution in [-0.2, 0) is 9.53 Å². The van der Waals surface area contributed by atoms with Crippen molar-refractivity contribution in [1.82, 2.24) is 15.1 Å². The number of rotatable bonds is 10. The molecular weight excluding hydrogens is 446 g/mol. The molecule has 0 radical (unpaired) electrons. The molecule has 34 heavy (non-hydrogen) atoms. The Balaban J connectivity index is 1.51. The van der Waals surface area contributed by atoms with Crippen molar-refractivity contribution < 1.29 is 14.3 Å². The Kier molecular flexibility index (Phi) is 8.75. The maximum Gasteiger partial charge on any atom is 0.254 e. The lowest BCUT2D eigenvalue weighted by Crippen LogP contribution is -2.48. The van der Waals surface area contributed by atoms with Crippen LogP contribution in [0.1, 0.15) is 71.8 Å². The molecule has 0 bridgehead atoms. The highest BCUT2D eigenvalue weighted by atomic mass is 32.1. The molecule has 0 unspecified atom stereocenters. The number of benzene rings is 1. The third-order valence-electron chi connectivity index (χ3n) is 7.23. The van der Waals surface area contributed by atoms with E-state index in [0.717, 1.165) is 23.4 Å². The number of hydrogen-bond acceptors (Lipinski definition) is 5. The van der Waals surface area contributed by atoms with E-state index in [0.29, 0.717) is 31.3 Å². The third kappa shape index (κ3) is 5.37. The zero-order valence-corrected chi connectivity index (χ0v) is 21.2. The summed E-state index contributed by atoms with van der Waals surface area (Å²) in [6.45, 7) is 5.98. The zero-order valence-electron chi connectivity index (χ0n) is 20.4. The predicted octanol–water partition coefficient (Wildman–Crippen LogP) is 4.45. The summed E-state index contributed by atoms with van der Waals surface area (Å²) in [4.78, 5) is 32.5. The Morgan fingerprint density at radius 3 is 2.79 bits per heavy atom. The molecule has 0 saturated carbocycles. The van der Waals surface area contributed by atoms with E-state index in [4.69, 9.17) is 4.74 Å². The summed E-state index contributed by atoms with van der Waals surface area (Å²) in [5.41, 5.74) is 1.44. The second-order valence-corrected chi connectivity index (χ2v) is 10.2. The number of nitrogens with one attached hydrogen (secondary N) is 1. The number of thiophene rings is 1. The number of carbonyl (C=O) groups excluding carboxylic acids is 2. The standard InChI is InChI=1S/C27H37N3O3S/c1-3-20-10-6-7-15-29(20)16-9-14-28-26(31)24-21-11-4-5-12-22(21)27(32)30(17-18-33-2)25(24)23-13-8-19-34-23/h4-5,8,11-13,19-20,24-25H,3,6-7,9-10,14-18H2,1-2H3,(H,28,31)/t20-,24+,25-/m1/s1. The van der Waals surface area contributed by atoms with Crippen LogP contribution >= 0.6 is 11.3 Å². The van der Waals surface area contributed by atoms with E-state index in [9.17, 15) is 9.59 Å². The molecule has 6 nitrogen and oxygen atoms in total. The average Bonchev–Trinajstić information content (AvgIpc) is 3.40. The maximum atomic E-state index is 13.7. The van der Waals surface area contributed by atoms with E-state index in [1.807, 2.05) is 46.7 Å². The van der Waals surface area contributed by atoms with E-state index in [1.165, 1.54) is 32.2 Å². The molecule has 2 aliphatic heterocycles. The molecule has 2 aromatic rings. The SMILES string of the molecule is CC[C@@H]1CCCCN1CCCNC(=O)[C@H]1c2ccccc2C(=O)N(CCOC)[C@@H]1c1cccs1. The van der Waals surface area contributed by atoms with Crippen molar-refractivity contribution in [2.75, 3.05) is 39.9 Å². The van der Waals surface area contributed by atoms with Crippen LogP contribution in [0.2, 0.25) is 0 Å². The lowest BCUT2D eigenvalue weighted by Gasteiger charge is -2.41. The Labute approximate surface area is 207 Å². The minimum atomic E-state index is -0.442. The van der Waals surface area contributed by atoms with Crippen LogP contribution in [0.5, 0.6) is 0 Å². The first-order valence-corrected chi connectivity index (χ1v) is 13.5. The Morgan fingerprint density at radius 2 is 2.03 bits per heavy atom. The summed E-state index contributed by atoms with van der Waals surface area (Å²) in [5.74, 6) is -0.486. The summed E-state index contributed by atoms with van der Waals surface area (Å²) in [6, 6.07) is 11.9. The number of carbonyl (C=O) groups is 2. The number of methoxy groups -OCH3 is 1. The van der Waals surface area contributed by atoms with Crippen molar-refractivity contribution in [3.05, 3.63) is 57.8 Å². The van der Waals surface area contributed by atoms with Crippen molar-refractivity contribution in [3.8, 4) is 0 Å². The van der Waals surface area contributed by atoms with Gasteiger partial charge in [0.15, 0.2) is 0 Å². The normalized spacial score (nSPS) is 23.1. The van der Waals surface area contributed by atoms with Crippen LogP contribution in [0, 0.1) is 0 Å². The van der Waals surface area contributed by atoms with Crippen LogP contribution in [0.3, 0.4) is 0 Å². The van der Waals surface area contributed by atoms with Gasteiger partial charge >= 0.3 is 0 Å². The minimum absolute atomic E-state index is 0.00791. The van der Waals surface area contributed by atoms with E-state index in [2.05, 4.69) is 17.1 Å². The van der Waals surface area contributed by atoms with Crippen molar-refractivity contribution in [1.29, 1.82) is 0 Å². The first kappa shape index (κ1) is 24.9. The molecule has 0 spiro atoms. The number of fused-ring (bicyclic) bond motifs is 1. The number of likely N-dealkylation sites (tertiary alicyclic amines) is 1. The summed E-state index contributed by atoms with van der Waals surface area (Å²) in [7, 11) is 1.64. The first-order chi connectivity index (χ1) is 16.7. The van der Waals surface area contributed by atoms with Gasteiger partial charge in [-0.2, -0.15) is 0 Å². The largest absolute Gasteiger partial charge is 0.383 e. The van der Waals surface area contributed by atoms with Gasteiger partial charge in [-0.25, -0.2) is 0 Å². The smallest absolute Gasteiger partial charge is 0.254 e. The Hall–Kier alpha value is -2.22. The fraction of sp³-hybridized carbons (Fsp3) is 0.556. The van der Waals surface area contributed by atoms with Gasteiger partial charge in [0.1, 0.15) is 0 Å². The number of piperidine rings is 1. The quantitative estimate of drug-likeness (QED) is 0.508. The molecule has 1 saturated heterocycles. The van der Waals surface area contributed by atoms with Gasteiger partial charge in [0, 0.05) is 43.2 Å². The highest BCUT2D eigenvalue weighted by Crippen LogP contribution is 2.44. The molecule has 3 heterocycles. The molecule has 184 valence electrons. The lowest BCUT2D eigenvalue weighted by molar-refractivity contribution is -0.124. The molecule has 3 atom stereocenters. The third-order valence-corrected chi connectivity index (χ3v) is 8.18. The van der Waals surface area contributed by atoms with E-state index < -0.39 is 5.92 Å². The number of nitrogens with zero attached hydrogens (tertiary/aromatic N) is 2. The van der Waals surface area contributed by atoms with Gasteiger partial charge in [0.05, 0.1) is 18.6 Å².